The Morgan fingerprint density at radius 2 is 1.76 bits per heavy atom. The van der Waals surface area contributed by atoms with Gasteiger partial charge in [0.25, 0.3) is 0 Å². The van der Waals surface area contributed by atoms with Crippen LogP contribution in [-0.2, 0) is 19.1 Å². The van der Waals surface area contributed by atoms with Gasteiger partial charge < -0.3 is 9.47 Å². The minimum Gasteiger partial charge on any atom is -0.463 e. The van der Waals surface area contributed by atoms with Gasteiger partial charge in [-0.05, 0) is 61.9 Å². The first-order valence-electron chi connectivity index (χ1n) is 11.9. The molecular weight excluding hydrogens is 364 g/mol. The maximum atomic E-state index is 12.0. The Morgan fingerprint density at radius 1 is 1.07 bits per heavy atom. The molecule has 0 amide bonds. The Morgan fingerprint density at radius 3 is 2.45 bits per heavy atom. The highest BCUT2D eigenvalue weighted by Crippen LogP contribution is 2.59. The van der Waals surface area contributed by atoms with Crippen molar-refractivity contribution < 1.29 is 19.1 Å². The first-order chi connectivity index (χ1) is 13.8. The average Bonchev–Trinajstić information content (AvgIpc) is 2.69. The Kier molecular flexibility index (Phi) is 9.71. The molecule has 3 aliphatic rings. The van der Waals surface area contributed by atoms with Gasteiger partial charge in [-0.1, -0.05) is 59.0 Å². The first-order valence-corrected chi connectivity index (χ1v) is 11.9. The molecular formula is C25H42O4. The molecule has 3 rings (SSSR count). The molecule has 3 aliphatic carbocycles. The zero-order valence-corrected chi connectivity index (χ0v) is 19.1. The number of rotatable bonds is 14. The Hall–Kier alpha value is -1.32. The van der Waals surface area contributed by atoms with Gasteiger partial charge in [0.15, 0.2) is 0 Å². The molecule has 1 fully saturated rings. The summed E-state index contributed by atoms with van der Waals surface area (Å²) in [6.07, 6.45) is 14.0. The van der Waals surface area contributed by atoms with E-state index in [4.69, 9.17) is 9.47 Å². The van der Waals surface area contributed by atoms with Crippen molar-refractivity contribution in [2.75, 3.05) is 6.61 Å². The Bertz CT molecular complexity index is 563. The van der Waals surface area contributed by atoms with E-state index in [1.807, 2.05) is 6.92 Å². The first kappa shape index (κ1) is 24.0. The van der Waals surface area contributed by atoms with Crippen molar-refractivity contribution >= 4 is 11.9 Å². The van der Waals surface area contributed by atoms with Gasteiger partial charge in [0, 0.05) is 12.8 Å². The quantitative estimate of drug-likeness (QED) is 0.191. The van der Waals surface area contributed by atoms with Crippen LogP contribution in [0.2, 0.25) is 0 Å². The van der Waals surface area contributed by atoms with Gasteiger partial charge in [-0.15, -0.1) is 0 Å². The van der Waals surface area contributed by atoms with Gasteiger partial charge in [-0.2, -0.15) is 0 Å². The number of fused-ring (bicyclic) bond motifs is 1. The number of unbranched alkanes of at least 4 members (excludes halogenated alkanes) is 5. The van der Waals surface area contributed by atoms with E-state index in [9.17, 15) is 9.59 Å². The number of ether oxygens (including phenoxy) is 2. The number of carbonyl (C=O) groups excluding carboxylic acids is 2. The normalized spacial score (nSPS) is 23.0. The van der Waals surface area contributed by atoms with Crippen molar-refractivity contribution in [1.29, 1.82) is 0 Å². The standard InChI is InChI=1S/C25H42O4/c1-5-6-7-8-9-10-12-19(2)29-24(27)14-11-13-23(26)28-18-20-15-16-21-17-22(20)25(21,3)4/h15,19,21-22H,5-14,16-18H2,1-4H3. The predicted molar refractivity (Wildman–Crippen MR) is 116 cm³/mol. The number of carbonyl (C=O) groups is 2. The third-order valence-corrected chi connectivity index (χ3v) is 7.04. The van der Waals surface area contributed by atoms with E-state index in [-0.39, 0.29) is 30.9 Å². The highest BCUT2D eigenvalue weighted by atomic mass is 16.5. The molecule has 0 radical (unpaired) electrons. The van der Waals surface area contributed by atoms with E-state index in [1.165, 1.54) is 44.1 Å². The third-order valence-electron chi connectivity index (χ3n) is 7.04. The molecule has 3 atom stereocenters. The molecule has 0 spiro atoms. The SMILES string of the molecule is CCCCCCCCC(C)OC(=O)CCCC(=O)OCC1=CCC2CC1C2(C)C. The van der Waals surface area contributed by atoms with Gasteiger partial charge in [-0.3, -0.25) is 9.59 Å². The van der Waals surface area contributed by atoms with Crippen molar-refractivity contribution in [3.63, 3.8) is 0 Å². The summed E-state index contributed by atoms with van der Waals surface area (Å²) < 4.78 is 10.9. The number of hydrogen-bond donors (Lipinski definition) is 0. The molecule has 0 aromatic rings. The van der Waals surface area contributed by atoms with Crippen LogP contribution in [0.5, 0.6) is 0 Å². The summed E-state index contributed by atoms with van der Waals surface area (Å²) in [7, 11) is 0. The van der Waals surface area contributed by atoms with Crippen molar-refractivity contribution in [3.05, 3.63) is 11.6 Å². The van der Waals surface area contributed by atoms with E-state index in [0.29, 0.717) is 24.4 Å². The zero-order chi connectivity index (χ0) is 21.3. The second kappa shape index (κ2) is 11.8. The lowest BCUT2D eigenvalue weighted by Gasteiger charge is -2.56. The summed E-state index contributed by atoms with van der Waals surface area (Å²) in [5, 5.41) is 0. The van der Waals surface area contributed by atoms with Crippen LogP contribution in [0.3, 0.4) is 0 Å². The lowest BCUT2D eigenvalue weighted by molar-refractivity contribution is -0.149. The monoisotopic (exact) mass is 406 g/mol. The lowest BCUT2D eigenvalue weighted by atomic mass is 9.49. The van der Waals surface area contributed by atoms with Crippen LogP contribution in [0.15, 0.2) is 11.6 Å². The number of esters is 2. The number of allylic oxidation sites excluding steroid dienone is 1. The lowest BCUT2D eigenvalue weighted by Crippen LogP contribution is -2.48. The van der Waals surface area contributed by atoms with E-state index < -0.39 is 0 Å². The molecule has 29 heavy (non-hydrogen) atoms. The maximum absolute atomic E-state index is 12.0. The fourth-order valence-electron chi connectivity index (χ4n) is 4.81. The van der Waals surface area contributed by atoms with E-state index >= 15 is 0 Å². The van der Waals surface area contributed by atoms with Crippen LogP contribution in [-0.4, -0.2) is 24.6 Å². The van der Waals surface area contributed by atoms with Gasteiger partial charge >= 0.3 is 11.9 Å². The third kappa shape index (κ3) is 7.46. The summed E-state index contributed by atoms with van der Waals surface area (Å²) in [5.41, 5.74) is 1.64. The van der Waals surface area contributed by atoms with E-state index in [2.05, 4.69) is 26.8 Å². The molecule has 4 heteroatoms. The molecule has 0 heterocycles. The molecule has 166 valence electrons. The highest BCUT2D eigenvalue weighted by molar-refractivity contribution is 5.72. The molecule has 0 saturated heterocycles. The Balaban J connectivity index is 1.50. The van der Waals surface area contributed by atoms with Gasteiger partial charge in [0.2, 0.25) is 0 Å². The largest absolute Gasteiger partial charge is 0.463 e. The van der Waals surface area contributed by atoms with Crippen molar-refractivity contribution in [2.24, 2.45) is 17.3 Å². The van der Waals surface area contributed by atoms with Crippen molar-refractivity contribution in [3.8, 4) is 0 Å². The second-order valence-corrected chi connectivity index (χ2v) is 9.69. The smallest absolute Gasteiger partial charge is 0.306 e. The molecule has 1 saturated carbocycles. The average molecular weight is 407 g/mol. The summed E-state index contributed by atoms with van der Waals surface area (Å²) in [5.74, 6) is 0.949. The minimum absolute atomic E-state index is 0.0338. The highest BCUT2D eigenvalue weighted by Gasteiger charge is 2.51. The maximum Gasteiger partial charge on any atom is 0.306 e. The molecule has 0 aromatic carbocycles. The number of hydrogen-bond acceptors (Lipinski definition) is 4. The molecule has 3 unspecified atom stereocenters. The topological polar surface area (TPSA) is 52.6 Å². The van der Waals surface area contributed by atoms with Gasteiger partial charge in [0.05, 0.1) is 6.10 Å². The van der Waals surface area contributed by atoms with E-state index in [0.717, 1.165) is 25.2 Å². The van der Waals surface area contributed by atoms with Crippen LogP contribution >= 0.6 is 0 Å². The van der Waals surface area contributed by atoms with Crippen LogP contribution in [0.1, 0.15) is 105 Å². The molecule has 0 N–H and O–H groups in total. The van der Waals surface area contributed by atoms with Crippen LogP contribution in [0.4, 0.5) is 0 Å². The van der Waals surface area contributed by atoms with Crippen molar-refractivity contribution in [1.82, 2.24) is 0 Å². The summed E-state index contributed by atoms with van der Waals surface area (Å²) >= 11 is 0. The summed E-state index contributed by atoms with van der Waals surface area (Å²) in [6.45, 7) is 9.24. The molecule has 0 aromatic heterocycles. The summed E-state index contributed by atoms with van der Waals surface area (Å²) in [6, 6.07) is 0. The van der Waals surface area contributed by atoms with Crippen LogP contribution in [0, 0.1) is 17.3 Å². The molecule has 0 aliphatic heterocycles. The molecule has 4 nitrogen and oxygen atoms in total. The zero-order valence-electron chi connectivity index (χ0n) is 19.1. The molecule has 2 bridgehead atoms. The predicted octanol–water partition coefficient (Wildman–Crippen LogP) is 6.37. The fourth-order valence-corrected chi connectivity index (χ4v) is 4.81. The van der Waals surface area contributed by atoms with Crippen molar-refractivity contribution in [2.45, 2.75) is 111 Å². The fraction of sp³-hybridized carbons (Fsp3) is 0.840. The van der Waals surface area contributed by atoms with Crippen LogP contribution in [0.25, 0.3) is 0 Å². The minimum atomic E-state index is -0.210. The van der Waals surface area contributed by atoms with Crippen LogP contribution < -0.4 is 0 Å². The second-order valence-electron chi connectivity index (χ2n) is 9.69. The van der Waals surface area contributed by atoms with Gasteiger partial charge in [0.1, 0.15) is 6.61 Å². The summed E-state index contributed by atoms with van der Waals surface area (Å²) in [4.78, 5) is 24.0. The van der Waals surface area contributed by atoms with Gasteiger partial charge in [-0.25, -0.2) is 0 Å². The van der Waals surface area contributed by atoms with E-state index in [1.54, 1.807) is 0 Å². The Labute approximate surface area is 177 Å².